The normalized spacial score (nSPS) is 27.9. The van der Waals surface area contributed by atoms with Crippen molar-refractivity contribution in [2.45, 2.75) is 49.3 Å². The van der Waals surface area contributed by atoms with Crippen molar-refractivity contribution in [2.75, 3.05) is 50.9 Å². The molecule has 0 bridgehead atoms. The Hall–Kier alpha value is -2.30. The minimum absolute atomic E-state index is 0.0665. The maximum atomic E-state index is 14.7. The van der Waals surface area contributed by atoms with Gasteiger partial charge in [0.15, 0.2) is 11.6 Å². The summed E-state index contributed by atoms with van der Waals surface area (Å²) in [5.74, 6) is -0.913. The van der Waals surface area contributed by atoms with Gasteiger partial charge in [-0.25, -0.2) is 8.78 Å². The van der Waals surface area contributed by atoms with Crippen LogP contribution in [0.2, 0.25) is 0 Å². The van der Waals surface area contributed by atoms with Gasteiger partial charge in [0, 0.05) is 24.1 Å². The number of ether oxygens (including phenoxy) is 3. The van der Waals surface area contributed by atoms with Crippen molar-refractivity contribution >= 4 is 6.01 Å². The van der Waals surface area contributed by atoms with Gasteiger partial charge in [-0.1, -0.05) is 5.10 Å². The summed E-state index contributed by atoms with van der Waals surface area (Å²) in [6.07, 6.45) is 4.51. The molecule has 33 heavy (non-hydrogen) atoms. The first-order valence-electron chi connectivity index (χ1n) is 11.7. The van der Waals surface area contributed by atoms with E-state index in [9.17, 15) is 8.78 Å². The molecule has 0 radical (unpaired) electrons. The highest BCUT2D eigenvalue weighted by molar-refractivity contribution is 5.39. The lowest BCUT2D eigenvalue weighted by Gasteiger charge is -2.46. The number of anilines is 1. The zero-order valence-corrected chi connectivity index (χ0v) is 18.4. The Morgan fingerprint density at radius 2 is 1.94 bits per heavy atom. The Kier molecular flexibility index (Phi) is 5.46. The van der Waals surface area contributed by atoms with Gasteiger partial charge in [-0.05, 0) is 44.3 Å². The average molecular weight is 462 g/mol. The molecule has 0 amide bonds. The summed E-state index contributed by atoms with van der Waals surface area (Å²) in [6.45, 7) is 5.01. The molecule has 1 aromatic heterocycles. The third-order valence-electron chi connectivity index (χ3n) is 7.46. The topological polar surface area (TPSA) is 73.1 Å². The van der Waals surface area contributed by atoms with E-state index < -0.39 is 11.6 Å². The smallest absolute Gasteiger partial charge is 0.318 e. The van der Waals surface area contributed by atoms with Crippen molar-refractivity contribution in [1.82, 2.24) is 15.1 Å². The Bertz CT molecular complexity index is 971. The van der Waals surface area contributed by atoms with Gasteiger partial charge in [0.25, 0.3) is 0 Å². The number of hydrogen-bond donors (Lipinski definition) is 0. The van der Waals surface area contributed by atoms with Gasteiger partial charge in [0.2, 0.25) is 6.39 Å². The molecule has 0 aliphatic carbocycles. The predicted octanol–water partition coefficient (Wildman–Crippen LogP) is 2.74. The largest absolute Gasteiger partial charge is 0.485 e. The van der Waals surface area contributed by atoms with Gasteiger partial charge in [-0.3, -0.25) is 4.90 Å². The van der Waals surface area contributed by atoms with E-state index in [-0.39, 0.29) is 23.4 Å². The van der Waals surface area contributed by atoms with E-state index in [4.69, 9.17) is 18.6 Å². The molecule has 0 unspecified atom stereocenters. The maximum absolute atomic E-state index is 14.7. The van der Waals surface area contributed by atoms with E-state index in [0.717, 1.165) is 57.9 Å². The molecule has 4 aliphatic heterocycles. The second-order valence-corrected chi connectivity index (χ2v) is 9.65. The standard InChI is InChI=1S/C23H28F2N4O4/c24-16-7-19(21(20(25)8-16)33-18-3-6-30-11-18)15-1-4-28(5-2-15)17-9-23(32-10-17)12-29(13-23)22-27-26-14-31-22/h7-8,14-15,17-18H,1-6,9-13H2/t17-,18+/m0/s1. The highest BCUT2D eigenvalue weighted by atomic mass is 19.1. The zero-order chi connectivity index (χ0) is 22.4. The summed E-state index contributed by atoms with van der Waals surface area (Å²) in [5.41, 5.74) is 0.499. The molecule has 4 fully saturated rings. The summed E-state index contributed by atoms with van der Waals surface area (Å²) in [4.78, 5) is 4.50. The van der Waals surface area contributed by atoms with Crippen molar-refractivity contribution in [3.8, 4) is 5.75 Å². The molecule has 2 aromatic rings. The lowest BCUT2D eigenvalue weighted by atomic mass is 9.86. The van der Waals surface area contributed by atoms with Crippen LogP contribution in [0.3, 0.4) is 0 Å². The van der Waals surface area contributed by atoms with Gasteiger partial charge in [-0.15, -0.1) is 5.10 Å². The van der Waals surface area contributed by atoms with Crippen LogP contribution in [-0.2, 0) is 9.47 Å². The summed E-state index contributed by atoms with van der Waals surface area (Å²) in [6, 6.07) is 3.25. The zero-order valence-electron chi connectivity index (χ0n) is 18.4. The van der Waals surface area contributed by atoms with Crippen LogP contribution in [0.5, 0.6) is 5.75 Å². The van der Waals surface area contributed by atoms with Crippen LogP contribution in [0, 0.1) is 11.6 Å². The molecule has 5 heterocycles. The third-order valence-corrected chi connectivity index (χ3v) is 7.46. The van der Waals surface area contributed by atoms with Crippen molar-refractivity contribution in [1.29, 1.82) is 0 Å². The van der Waals surface area contributed by atoms with E-state index in [2.05, 4.69) is 15.1 Å². The number of nitrogens with zero attached hydrogens (tertiary/aromatic N) is 4. The lowest BCUT2D eigenvalue weighted by molar-refractivity contribution is -0.0216. The molecule has 0 saturated carbocycles. The SMILES string of the molecule is Fc1cc(F)c(O[C@@H]2CCOC2)c(C2CCN([C@@H]3COC4(C3)CN(c3nnco3)C4)CC2)c1. The molecule has 2 atom stereocenters. The fourth-order valence-electron chi connectivity index (χ4n) is 5.72. The molecular formula is C23H28F2N4O4. The molecule has 6 rings (SSSR count). The molecule has 0 N–H and O–H groups in total. The van der Waals surface area contributed by atoms with Crippen molar-refractivity contribution in [2.24, 2.45) is 0 Å². The van der Waals surface area contributed by atoms with Crippen LogP contribution in [-0.4, -0.2) is 78.8 Å². The summed E-state index contributed by atoms with van der Waals surface area (Å²) >= 11 is 0. The highest BCUT2D eigenvalue weighted by Crippen LogP contribution is 2.42. The summed E-state index contributed by atoms with van der Waals surface area (Å²) in [5, 5.41) is 7.70. The molecule has 4 aliphatic rings. The van der Waals surface area contributed by atoms with Crippen LogP contribution < -0.4 is 9.64 Å². The van der Waals surface area contributed by atoms with E-state index in [0.29, 0.717) is 37.4 Å². The quantitative estimate of drug-likeness (QED) is 0.672. The fraction of sp³-hybridized carbons (Fsp3) is 0.652. The molecule has 4 saturated heterocycles. The van der Waals surface area contributed by atoms with Crippen molar-refractivity contribution in [3.63, 3.8) is 0 Å². The summed E-state index contributed by atoms with van der Waals surface area (Å²) in [7, 11) is 0. The second kappa shape index (κ2) is 8.48. The predicted molar refractivity (Wildman–Crippen MR) is 113 cm³/mol. The van der Waals surface area contributed by atoms with Crippen LogP contribution in [0.1, 0.15) is 37.2 Å². The van der Waals surface area contributed by atoms with E-state index in [1.807, 2.05) is 4.90 Å². The Morgan fingerprint density at radius 3 is 2.67 bits per heavy atom. The van der Waals surface area contributed by atoms with Crippen LogP contribution in [0.4, 0.5) is 14.8 Å². The average Bonchev–Trinajstić information content (AvgIpc) is 3.56. The fourth-order valence-corrected chi connectivity index (χ4v) is 5.72. The monoisotopic (exact) mass is 462 g/mol. The number of halogens is 2. The van der Waals surface area contributed by atoms with Gasteiger partial charge in [0.1, 0.15) is 17.5 Å². The highest BCUT2D eigenvalue weighted by Gasteiger charge is 2.52. The number of likely N-dealkylation sites (tertiary alicyclic amines) is 1. The van der Waals surface area contributed by atoms with Gasteiger partial charge < -0.3 is 23.5 Å². The molecular weight excluding hydrogens is 434 g/mol. The van der Waals surface area contributed by atoms with Gasteiger partial charge >= 0.3 is 6.01 Å². The number of benzene rings is 1. The summed E-state index contributed by atoms with van der Waals surface area (Å²) < 4.78 is 51.5. The molecule has 10 heteroatoms. The number of aromatic nitrogens is 2. The van der Waals surface area contributed by atoms with Crippen LogP contribution in [0.25, 0.3) is 0 Å². The first kappa shape index (κ1) is 21.2. The van der Waals surface area contributed by atoms with Crippen LogP contribution >= 0.6 is 0 Å². The van der Waals surface area contributed by atoms with Crippen molar-refractivity contribution in [3.05, 3.63) is 35.7 Å². The molecule has 1 spiro atoms. The minimum atomic E-state index is -0.624. The van der Waals surface area contributed by atoms with Crippen molar-refractivity contribution < 1.29 is 27.4 Å². The first-order valence-corrected chi connectivity index (χ1v) is 11.7. The lowest BCUT2D eigenvalue weighted by Crippen LogP contribution is -2.62. The van der Waals surface area contributed by atoms with Gasteiger partial charge in [0.05, 0.1) is 32.9 Å². The number of hydrogen-bond acceptors (Lipinski definition) is 8. The van der Waals surface area contributed by atoms with E-state index in [1.165, 1.54) is 12.5 Å². The Balaban J connectivity index is 1.08. The van der Waals surface area contributed by atoms with E-state index in [1.54, 1.807) is 0 Å². The Morgan fingerprint density at radius 1 is 1.09 bits per heavy atom. The van der Waals surface area contributed by atoms with E-state index >= 15 is 0 Å². The molecule has 1 aromatic carbocycles. The minimum Gasteiger partial charge on any atom is -0.485 e. The second-order valence-electron chi connectivity index (χ2n) is 9.65. The van der Waals surface area contributed by atoms with Gasteiger partial charge in [-0.2, -0.15) is 0 Å². The maximum Gasteiger partial charge on any atom is 0.318 e. The first-order chi connectivity index (χ1) is 16.1. The molecule has 178 valence electrons. The number of rotatable bonds is 5. The number of piperidine rings is 1. The molecule has 8 nitrogen and oxygen atoms in total. The Labute approximate surface area is 190 Å². The third kappa shape index (κ3) is 4.08. The van der Waals surface area contributed by atoms with Crippen LogP contribution in [0.15, 0.2) is 22.9 Å².